The number of halogens is 2. The lowest BCUT2D eigenvalue weighted by Gasteiger charge is -2.09. The van der Waals surface area contributed by atoms with Gasteiger partial charge in [-0.15, -0.1) is 0 Å². The second-order valence-corrected chi connectivity index (χ2v) is 11.3. The number of pyridine rings is 2. The van der Waals surface area contributed by atoms with Crippen molar-refractivity contribution in [2.75, 3.05) is 10.6 Å². The maximum atomic E-state index is 6.66. The second-order valence-electron chi connectivity index (χ2n) is 10.3. The third-order valence-electron chi connectivity index (χ3n) is 7.17. The molecule has 2 atom stereocenters. The predicted octanol–water partition coefficient (Wildman–Crippen LogP) is 8.78. The van der Waals surface area contributed by atoms with E-state index in [1.165, 1.54) is 36.8 Å². The molecule has 0 saturated heterocycles. The Hall–Kier alpha value is -3.08. The highest BCUT2D eigenvalue weighted by Crippen LogP contribution is 2.19. The van der Waals surface area contributed by atoms with Crippen LogP contribution in [0.15, 0.2) is 110 Å². The van der Waals surface area contributed by atoms with Gasteiger partial charge in [-0.05, 0) is 47.2 Å². The van der Waals surface area contributed by atoms with Gasteiger partial charge in [0, 0.05) is 61.6 Å². The van der Waals surface area contributed by atoms with Crippen LogP contribution in [-0.4, -0.2) is 0 Å². The quantitative estimate of drug-likeness (QED) is 0.0747. The Balaban J connectivity index is 1.03. The van der Waals surface area contributed by atoms with Gasteiger partial charge in [0.15, 0.2) is 24.8 Å². The van der Waals surface area contributed by atoms with Crippen LogP contribution in [0.25, 0.3) is 0 Å². The van der Waals surface area contributed by atoms with Gasteiger partial charge in [-0.1, -0.05) is 86.3 Å². The summed E-state index contributed by atoms with van der Waals surface area (Å²) < 4.78 is 4.19. The summed E-state index contributed by atoms with van der Waals surface area (Å²) >= 11 is 13.3. The topological polar surface area (TPSA) is 31.8 Å². The molecule has 2 aromatic heterocycles. The Kier molecular flexibility index (Phi) is 12.6. The largest absolute Gasteiger partial charge is 0.381 e. The number of benzene rings is 2. The van der Waals surface area contributed by atoms with E-state index in [1.54, 1.807) is 0 Å². The normalized spacial score (nSPS) is 12.6. The van der Waals surface area contributed by atoms with E-state index in [1.807, 2.05) is 12.1 Å². The average molecular weight is 578 g/mol. The van der Waals surface area contributed by atoms with E-state index >= 15 is 0 Å². The van der Waals surface area contributed by atoms with E-state index < -0.39 is 0 Å². The van der Waals surface area contributed by atoms with Gasteiger partial charge in [-0.25, -0.2) is 0 Å². The molecule has 2 unspecified atom stereocenters. The number of anilines is 2. The molecule has 0 saturated carbocycles. The molecule has 4 rings (SSSR count). The first-order chi connectivity index (χ1) is 19.7. The maximum absolute atomic E-state index is 6.66. The molecule has 40 heavy (non-hydrogen) atoms. The first kappa shape index (κ1) is 29.9. The first-order valence-electron chi connectivity index (χ1n) is 14.5. The summed E-state index contributed by atoms with van der Waals surface area (Å²) in [6.07, 6.45) is 17.5. The highest BCUT2D eigenvalue weighted by molar-refractivity contribution is 6.18. The summed E-state index contributed by atoms with van der Waals surface area (Å²) in [6, 6.07) is 29.2. The van der Waals surface area contributed by atoms with Gasteiger partial charge in [0.1, 0.15) is 0 Å². The summed E-state index contributed by atoms with van der Waals surface area (Å²) in [4.78, 5) is 0. The van der Waals surface area contributed by atoms with E-state index in [0.29, 0.717) is 0 Å². The van der Waals surface area contributed by atoms with Gasteiger partial charge < -0.3 is 10.6 Å². The minimum Gasteiger partial charge on any atom is -0.381 e. The maximum Gasteiger partial charge on any atom is 0.232 e. The number of hydrogen-bond donors (Lipinski definition) is 2. The van der Waals surface area contributed by atoms with E-state index in [0.717, 1.165) is 50.1 Å². The molecule has 0 fully saturated rings. The summed E-state index contributed by atoms with van der Waals surface area (Å²) in [5.74, 6) is 0. The smallest absolute Gasteiger partial charge is 0.232 e. The number of rotatable bonds is 17. The highest BCUT2D eigenvalue weighted by atomic mass is 35.5. The molecule has 6 heteroatoms. The minimum absolute atomic E-state index is 0.00266. The molecule has 0 aliphatic heterocycles. The molecule has 2 N–H and O–H groups in total. The van der Waals surface area contributed by atoms with Crippen LogP contribution in [0.4, 0.5) is 11.4 Å². The van der Waals surface area contributed by atoms with Crippen molar-refractivity contribution < 1.29 is 9.13 Å². The lowest BCUT2D eigenvalue weighted by molar-refractivity contribution is -0.703. The van der Waals surface area contributed by atoms with Gasteiger partial charge in [0.2, 0.25) is 11.0 Å². The number of unbranched alkanes of at least 4 members (excludes halogenated alkanes) is 5. The van der Waals surface area contributed by atoms with Crippen molar-refractivity contribution >= 4 is 34.6 Å². The van der Waals surface area contributed by atoms with Gasteiger partial charge in [-0.2, -0.15) is 9.13 Å². The van der Waals surface area contributed by atoms with Crippen LogP contribution in [0.3, 0.4) is 0 Å². The number of hydrogen-bond acceptors (Lipinski definition) is 2. The zero-order valence-electron chi connectivity index (χ0n) is 23.3. The van der Waals surface area contributed by atoms with Crippen LogP contribution in [0.2, 0.25) is 0 Å². The van der Waals surface area contributed by atoms with Gasteiger partial charge in [-0.3, -0.25) is 0 Å². The Morgan fingerprint density at radius 1 is 0.475 bits per heavy atom. The van der Waals surface area contributed by atoms with Crippen molar-refractivity contribution in [2.45, 2.75) is 75.5 Å². The molecule has 0 radical (unpaired) electrons. The molecule has 4 nitrogen and oxygen atoms in total. The minimum atomic E-state index is -0.00266. The molecule has 0 bridgehead atoms. The molecule has 0 aliphatic carbocycles. The van der Waals surface area contributed by atoms with Crippen LogP contribution in [0.5, 0.6) is 0 Å². The number of nitrogens with zero attached hydrogens (tertiary/aromatic N) is 2. The van der Waals surface area contributed by atoms with Crippen LogP contribution in [-0.2, 0) is 13.1 Å². The van der Waals surface area contributed by atoms with Crippen molar-refractivity contribution in [3.8, 4) is 0 Å². The van der Waals surface area contributed by atoms with Crippen molar-refractivity contribution in [1.82, 2.24) is 0 Å². The van der Waals surface area contributed by atoms with Gasteiger partial charge in [0.25, 0.3) is 0 Å². The van der Waals surface area contributed by atoms with Crippen LogP contribution >= 0.6 is 23.2 Å². The Morgan fingerprint density at radius 2 is 0.825 bits per heavy atom. The molecule has 2 heterocycles. The summed E-state index contributed by atoms with van der Waals surface area (Å²) in [5, 5.41) is 6.93. The van der Waals surface area contributed by atoms with Crippen molar-refractivity contribution in [1.29, 1.82) is 0 Å². The monoisotopic (exact) mass is 576 g/mol. The molecular formula is C34H42Cl2N4+2. The zero-order chi connectivity index (χ0) is 27.8. The van der Waals surface area contributed by atoms with Crippen LogP contribution < -0.4 is 19.8 Å². The number of aromatic nitrogens is 2. The average Bonchev–Trinajstić information content (AvgIpc) is 3.01. The fourth-order valence-electron chi connectivity index (χ4n) is 4.72. The lowest BCUT2D eigenvalue weighted by atomic mass is 10.1. The fraction of sp³-hybridized carbons (Fsp3) is 0.353. The molecule has 0 aliphatic rings. The van der Waals surface area contributed by atoms with E-state index in [2.05, 4.69) is 117 Å². The van der Waals surface area contributed by atoms with Gasteiger partial charge in [0.05, 0.1) is 0 Å². The lowest BCUT2D eigenvalue weighted by Crippen LogP contribution is -2.35. The van der Waals surface area contributed by atoms with Crippen LogP contribution in [0.1, 0.15) is 73.5 Å². The van der Waals surface area contributed by atoms with Crippen molar-refractivity contribution in [3.63, 3.8) is 0 Å². The summed E-state index contributed by atoms with van der Waals surface area (Å²) in [5.41, 5.74) is 4.75. The molecular weight excluding hydrogens is 535 g/mol. The highest BCUT2D eigenvalue weighted by Gasteiger charge is 2.15. The fourth-order valence-corrected chi connectivity index (χ4v) is 5.28. The van der Waals surface area contributed by atoms with E-state index in [4.69, 9.17) is 23.2 Å². The molecule has 210 valence electrons. The summed E-state index contributed by atoms with van der Waals surface area (Å²) in [6.45, 7) is 1.64. The Morgan fingerprint density at radius 3 is 1.20 bits per heavy atom. The van der Waals surface area contributed by atoms with Crippen LogP contribution in [0, 0.1) is 0 Å². The third kappa shape index (κ3) is 10.5. The standard InChI is InChI=1S/C34H40Cl2N4/c35-33(39-23-19-31(20-24-39)37-27-29-13-7-5-8-14-29)17-11-3-1-2-4-12-18-34(36)40-25-21-32(22-26-40)38-28-30-15-9-6-10-16-30/h5-10,13-16,19-26,33-34H,1-4,11-12,17-18,27-28H2/p+2. The number of alkyl halides is 2. The van der Waals surface area contributed by atoms with E-state index in [9.17, 15) is 0 Å². The number of nitrogens with one attached hydrogen (secondary N) is 2. The Bertz CT molecular complexity index is 1120. The second kappa shape index (κ2) is 16.9. The van der Waals surface area contributed by atoms with Crippen molar-refractivity contribution in [2.24, 2.45) is 0 Å². The third-order valence-corrected chi connectivity index (χ3v) is 8.05. The molecule has 0 spiro atoms. The zero-order valence-corrected chi connectivity index (χ0v) is 24.8. The SMILES string of the molecule is ClC(CCCCCCCCC(Cl)[n+]1ccc(NCc2ccccc2)cc1)[n+]1ccc(NCc2ccccc2)cc1. The molecule has 4 aromatic rings. The summed E-state index contributed by atoms with van der Waals surface area (Å²) in [7, 11) is 0. The van der Waals surface area contributed by atoms with E-state index in [-0.39, 0.29) is 11.0 Å². The molecule has 0 amide bonds. The Labute approximate surface area is 250 Å². The predicted molar refractivity (Wildman–Crippen MR) is 168 cm³/mol. The van der Waals surface area contributed by atoms with Crippen molar-refractivity contribution in [3.05, 3.63) is 121 Å². The molecule has 2 aromatic carbocycles. The first-order valence-corrected chi connectivity index (χ1v) is 15.4. The van der Waals surface area contributed by atoms with Gasteiger partial charge >= 0.3 is 0 Å².